The number of nitrogens with one attached hydrogen (secondary N) is 1. The Morgan fingerprint density at radius 3 is 3.00 bits per heavy atom. The average molecular weight is 289 g/mol. The third kappa shape index (κ3) is 1.97. The third-order valence-electron chi connectivity index (χ3n) is 4.14. The summed E-state index contributed by atoms with van der Waals surface area (Å²) < 4.78 is 5.64. The standard InChI is InChI=1S/C16H17ClN2O/c1-9-2-5-12(17)16-14(9)15(18-10-3-4-10)11-8-20-7-6-13(11)19-16/h2,5,10H,3-4,6-8H2,1H3,(H,18,19). The molecule has 0 saturated heterocycles. The van der Waals surface area contributed by atoms with Crippen molar-refractivity contribution in [1.82, 2.24) is 4.98 Å². The number of fused-ring (bicyclic) bond motifs is 2. The Bertz CT molecular complexity index is 695. The molecular weight excluding hydrogens is 272 g/mol. The molecule has 2 aliphatic rings. The Labute approximate surface area is 123 Å². The van der Waals surface area contributed by atoms with Crippen LogP contribution in [0.4, 0.5) is 5.69 Å². The van der Waals surface area contributed by atoms with Crippen molar-refractivity contribution in [2.24, 2.45) is 0 Å². The second-order valence-electron chi connectivity index (χ2n) is 5.72. The van der Waals surface area contributed by atoms with E-state index in [1.165, 1.54) is 29.7 Å². The lowest BCUT2D eigenvalue weighted by Gasteiger charge is -2.23. The van der Waals surface area contributed by atoms with Crippen molar-refractivity contribution < 1.29 is 4.74 Å². The molecule has 20 heavy (non-hydrogen) atoms. The van der Waals surface area contributed by atoms with Crippen LogP contribution < -0.4 is 5.32 Å². The van der Waals surface area contributed by atoms with E-state index in [4.69, 9.17) is 21.3 Å². The molecule has 1 aliphatic carbocycles. The van der Waals surface area contributed by atoms with Crippen LogP contribution in [0.3, 0.4) is 0 Å². The molecule has 0 unspecified atom stereocenters. The summed E-state index contributed by atoms with van der Waals surface area (Å²) in [5.74, 6) is 0. The van der Waals surface area contributed by atoms with Crippen LogP contribution in [0.15, 0.2) is 12.1 Å². The van der Waals surface area contributed by atoms with Gasteiger partial charge in [-0.3, -0.25) is 4.98 Å². The lowest BCUT2D eigenvalue weighted by atomic mass is 10.00. The van der Waals surface area contributed by atoms with Gasteiger partial charge in [0.2, 0.25) is 0 Å². The van der Waals surface area contributed by atoms with E-state index in [0.717, 1.165) is 34.6 Å². The van der Waals surface area contributed by atoms with E-state index in [9.17, 15) is 0 Å². The summed E-state index contributed by atoms with van der Waals surface area (Å²) in [7, 11) is 0. The number of hydrogen-bond acceptors (Lipinski definition) is 3. The van der Waals surface area contributed by atoms with E-state index in [-0.39, 0.29) is 0 Å². The van der Waals surface area contributed by atoms with Gasteiger partial charge in [0.1, 0.15) is 0 Å². The van der Waals surface area contributed by atoms with Gasteiger partial charge in [0.15, 0.2) is 0 Å². The summed E-state index contributed by atoms with van der Waals surface area (Å²) >= 11 is 6.37. The topological polar surface area (TPSA) is 34.2 Å². The summed E-state index contributed by atoms with van der Waals surface area (Å²) in [4.78, 5) is 4.81. The van der Waals surface area contributed by atoms with Crippen molar-refractivity contribution in [2.45, 2.75) is 38.8 Å². The number of pyridine rings is 1. The Kier molecular flexibility index (Phi) is 2.86. The van der Waals surface area contributed by atoms with Gasteiger partial charge in [0, 0.05) is 23.4 Å². The van der Waals surface area contributed by atoms with Crippen LogP contribution in [-0.4, -0.2) is 17.6 Å². The molecule has 1 N–H and O–H groups in total. The minimum absolute atomic E-state index is 0.602. The van der Waals surface area contributed by atoms with Crippen LogP contribution in [0.5, 0.6) is 0 Å². The van der Waals surface area contributed by atoms with Crippen LogP contribution in [-0.2, 0) is 17.8 Å². The largest absolute Gasteiger partial charge is 0.381 e. The van der Waals surface area contributed by atoms with E-state index >= 15 is 0 Å². The summed E-state index contributed by atoms with van der Waals surface area (Å²) in [6.45, 7) is 3.52. The molecule has 104 valence electrons. The lowest BCUT2D eigenvalue weighted by Crippen LogP contribution is -2.16. The molecule has 0 radical (unpaired) electrons. The van der Waals surface area contributed by atoms with Crippen molar-refractivity contribution in [3.8, 4) is 0 Å². The van der Waals surface area contributed by atoms with Gasteiger partial charge in [-0.05, 0) is 31.4 Å². The molecule has 2 heterocycles. The number of nitrogens with zero attached hydrogens (tertiary/aromatic N) is 1. The fourth-order valence-electron chi connectivity index (χ4n) is 2.89. The maximum atomic E-state index is 6.37. The maximum absolute atomic E-state index is 6.37. The molecule has 0 spiro atoms. The van der Waals surface area contributed by atoms with Crippen molar-refractivity contribution in [1.29, 1.82) is 0 Å². The first-order valence-electron chi connectivity index (χ1n) is 7.19. The molecule has 1 fully saturated rings. The predicted octanol–water partition coefficient (Wildman–Crippen LogP) is 3.84. The number of aryl methyl sites for hydroxylation is 1. The first kappa shape index (κ1) is 12.4. The highest BCUT2D eigenvalue weighted by atomic mass is 35.5. The van der Waals surface area contributed by atoms with Crippen LogP contribution >= 0.6 is 11.6 Å². The average Bonchev–Trinajstić information content (AvgIpc) is 3.27. The number of rotatable bonds is 2. The summed E-state index contributed by atoms with van der Waals surface area (Å²) in [5.41, 5.74) is 5.71. The van der Waals surface area contributed by atoms with Gasteiger partial charge in [-0.15, -0.1) is 0 Å². The minimum Gasteiger partial charge on any atom is -0.381 e. The van der Waals surface area contributed by atoms with E-state index in [2.05, 4.69) is 18.3 Å². The van der Waals surface area contributed by atoms with E-state index in [0.29, 0.717) is 12.6 Å². The van der Waals surface area contributed by atoms with Gasteiger partial charge in [0.05, 0.1) is 35.1 Å². The molecule has 0 bridgehead atoms. The molecule has 1 saturated carbocycles. The summed E-state index contributed by atoms with van der Waals surface area (Å²) in [6, 6.07) is 4.62. The molecular formula is C16H17ClN2O. The number of hydrogen-bond donors (Lipinski definition) is 1. The molecule has 3 nitrogen and oxygen atoms in total. The molecule has 4 rings (SSSR count). The number of ether oxygens (including phenoxy) is 1. The van der Waals surface area contributed by atoms with Gasteiger partial charge in [-0.25, -0.2) is 0 Å². The molecule has 4 heteroatoms. The fourth-order valence-corrected chi connectivity index (χ4v) is 3.09. The molecule has 0 amide bonds. The predicted molar refractivity (Wildman–Crippen MR) is 81.5 cm³/mol. The van der Waals surface area contributed by atoms with Crippen molar-refractivity contribution in [2.75, 3.05) is 11.9 Å². The Morgan fingerprint density at radius 2 is 2.20 bits per heavy atom. The highest BCUT2D eigenvalue weighted by Crippen LogP contribution is 2.38. The summed E-state index contributed by atoms with van der Waals surface area (Å²) in [6.07, 6.45) is 3.37. The molecule has 1 aliphatic heterocycles. The number of halogens is 1. The minimum atomic E-state index is 0.602. The van der Waals surface area contributed by atoms with Crippen molar-refractivity contribution >= 4 is 28.2 Å². The van der Waals surface area contributed by atoms with Gasteiger partial charge in [-0.2, -0.15) is 0 Å². The van der Waals surface area contributed by atoms with Crippen LogP contribution in [0.1, 0.15) is 29.7 Å². The highest BCUT2D eigenvalue weighted by Gasteiger charge is 2.26. The second-order valence-corrected chi connectivity index (χ2v) is 6.13. The zero-order valence-electron chi connectivity index (χ0n) is 11.5. The van der Waals surface area contributed by atoms with Crippen molar-refractivity contribution in [3.05, 3.63) is 34.0 Å². The quantitative estimate of drug-likeness (QED) is 0.911. The van der Waals surface area contributed by atoms with E-state index in [1.54, 1.807) is 0 Å². The van der Waals surface area contributed by atoms with Gasteiger partial charge < -0.3 is 10.1 Å². The van der Waals surface area contributed by atoms with E-state index < -0.39 is 0 Å². The lowest BCUT2D eigenvalue weighted by molar-refractivity contribution is 0.110. The molecule has 1 aromatic carbocycles. The Hall–Kier alpha value is -1.32. The highest BCUT2D eigenvalue weighted by molar-refractivity contribution is 6.35. The monoisotopic (exact) mass is 288 g/mol. The van der Waals surface area contributed by atoms with Gasteiger partial charge in [-0.1, -0.05) is 17.7 Å². The Morgan fingerprint density at radius 1 is 1.35 bits per heavy atom. The SMILES string of the molecule is Cc1ccc(Cl)c2nc3c(c(NC4CC4)c12)COCC3. The van der Waals surface area contributed by atoms with Gasteiger partial charge in [0.25, 0.3) is 0 Å². The normalized spacial score (nSPS) is 18.1. The molecule has 2 aromatic rings. The Balaban J connectivity index is 2.03. The van der Waals surface area contributed by atoms with Crippen LogP contribution in [0.2, 0.25) is 5.02 Å². The zero-order valence-corrected chi connectivity index (χ0v) is 12.3. The van der Waals surface area contributed by atoms with Crippen LogP contribution in [0, 0.1) is 6.92 Å². The number of anilines is 1. The van der Waals surface area contributed by atoms with Crippen molar-refractivity contribution in [3.63, 3.8) is 0 Å². The van der Waals surface area contributed by atoms with E-state index in [1.807, 2.05) is 6.07 Å². The fraction of sp³-hybridized carbons (Fsp3) is 0.438. The first-order valence-corrected chi connectivity index (χ1v) is 7.56. The zero-order chi connectivity index (χ0) is 13.7. The number of benzene rings is 1. The smallest absolute Gasteiger partial charge is 0.0915 e. The molecule has 0 atom stereocenters. The molecule has 1 aromatic heterocycles. The maximum Gasteiger partial charge on any atom is 0.0915 e. The number of aromatic nitrogens is 1. The third-order valence-corrected chi connectivity index (χ3v) is 4.44. The summed E-state index contributed by atoms with van der Waals surface area (Å²) in [5, 5.41) is 5.57. The second kappa shape index (κ2) is 4.61. The van der Waals surface area contributed by atoms with Gasteiger partial charge >= 0.3 is 0 Å². The van der Waals surface area contributed by atoms with Crippen LogP contribution in [0.25, 0.3) is 10.9 Å². The first-order chi connectivity index (χ1) is 9.74.